The van der Waals surface area contributed by atoms with E-state index >= 15 is 0 Å². The molecule has 0 aromatic carbocycles. The highest BCUT2D eigenvalue weighted by atomic mass is 16.5. The number of cyclic esters (lactones) is 1. The molecule has 1 aliphatic heterocycles. The summed E-state index contributed by atoms with van der Waals surface area (Å²) in [6.45, 7) is 10.5. The Morgan fingerprint density at radius 2 is 1.53 bits per heavy atom. The van der Waals surface area contributed by atoms with Crippen LogP contribution in [0.1, 0.15) is 73.1 Å². The van der Waals surface area contributed by atoms with E-state index in [2.05, 4.69) is 13.8 Å². The maximum absolute atomic E-state index is 13.0. The SMILES string of the molecule is CC(C)[C@H](O)[C@@H](O)[C@H](O)[C@@H](C)[C@H]1CCC2C3COC(=O)C4C[C@H](O)[C@H](O)C[C@]4(C)C3CC[C@@]21C. The molecule has 0 spiro atoms. The van der Waals surface area contributed by atoms with Gasteiger partial charge in [-0.05, 0) is 84.9 Å². The van der Waals surface area contributed by atoms with Gasteiger partial charge in [0.1, 0.15) is 6.10 Å². The zero-order valence-corrected chi connectivity index (χ0v) is 21.4. The first kappa shape index (κ1) is 26.3. The van der Waals surface area contributed by atoms with Crippen molar-refractivity contribution < 1.29 is 35.1 Å². The highest BCUT2D eigenvalue weighted by Crippen LogP contribution is 2.66. The fourth-order valence-corrected chi connectivity index (χ4v) is 8.84. The number of carbonyl (C=O) groups excluding carboxylic acids is 1. The van der Waals surface area contributed by atoms with Crippen LogP contribution in [0.15, 0.2) is 0 Å². The largest absolute Gasteiger partial charge is 0.465 e. The van der Waals surface area contributed by atoms with Gasteiger partial charge >= 0.3 is 5.97 Å². The van der Waals surface area contributed by atoms with E-state index in [-0.39, 0.29) is 47.4 Å². The molecular formula is C27H46O7. The van der Waals surface area contributed by atoms with Crippen molar-refractivity contribution in [2.75, 3.05) is 6.61 Å². The molecule has 5 N–H and O–H groups in total. The number of aliphatic hydroxyl groups excluding tert-OH is 5. The van der Waals surface area contributed by atoms with Crippen molar-refractivity contribution in [3.63, 3.8) is 0 Å². The summed E-state index contributed by atoms with van der Waals surface area (Å²) in [5, 5.41) is 52.8. The molecule has 0 amide bonds. The summed E-state index contributed by atoms with van der Waals surface area (Å²) < 4.78 is 5.83. The normalized spacial score (nSPS) is 48.1. The van der Waals surface area contributed by atoms with Crippen LogP contribution in [-0.2, 0) is 9.53 Å². The van der Waals surface area contributed by atoms with Crippen molar-refractivity contribution in [3.8, 4) is 0 Å². The molecule has 3 saturated carbocycles. The van der Waals surface area contributed by atoms with Crippen molar-refractivity contribution in [2.24, 2.45) is 52.3 Å². The average Bonchev–Trinajstić information content (AvgIpc) is 3.09. The number of rotatable bonds is 5. The van der Waals surface area contributed by atoms with Crippen molar-refractivity contribution in [1.82, 2.24) is 0 Å². The lowest BCUT2D eigenvalue weighted by atomic mass is 9.48. The van der Waals surface area contributed by atoms with Crippen LogP contribution in [0.2, 0.25) is 0 Å². The van der Waals surface area contributed by atoms with Gasteiger partial charge in [0, 0.05) is 0 Å². The van der Waals surface area contributed by atoms with E-state index in [0.29, 0.717) is 18.9 Å². The van der Waals surface area contributed by atoms with Gasteiger partial charge < -0.3 is 30.3 Å². The minimum absolute atomic E-state index is 0.0561. The van der Waals surface area contributed by atoms with Crippen LogP contribution in [-0.4, -0.2) is 68.6 Å². The summed E-state index contributed by atoms with van der Waals surface area (Å²) in [5.41, 5.74) is -0.460. The van der Waals surface area contributed by atoms with Gasteiger partial charge in [0.25, 0.3) is 0 Å². The van der Waals surface area contributed by atoms with Crippen LogP contribution in [0.25, 0.3) is 0 Å². The Hall–Kier alpha value is -0.730. The summed E-state index contributed by atoms with van der Waals surface area (Å²) in [4.78, 5) is 13.0. The molecule has 0 bridgehead atoms. The average molecular weight is 483 g/mol. The topological polar surface area (TPSA) is 127 Å². The van der Waals surface area contributed by atoms with Crippen LogP contribution in [0, 0.1) is 52.3 Å². The first-order chi connectivity index (χ1) is 15.8. The third kappa shape index (κ3) is 4.03. The van der Waals surface area contributed by atoms with Crippen LogP contribution in [0.3, 0.4) is 0 Å². The van der Waals surface area contributed by atoms with Crippen molar-refractivity contribution in [2.45, 2.75) is 104 Å². The zero-order chi connectivity index (χ0) is 25.2. The minimum Gasteiger partial charge on any atom is -0.465 e. The lowest BCUT2D eigenvalue weighted by Crippen LogP contribution is -2.55. The molecule has 4 aliphatic rings. The molecule has 3 aliphatic carbocycles. The van der Waals surface area contributed by atoms with Gasteiger partial charge in [0.2, 0.25) is 0 Å². The Balaban J connectivity index is 1.58. The molecular weight excluding hydrogens is 436 g/mol. The van der Waals surface area contributed by atoms with Gasteiger partial charge in [-0.15, -0.1) is 0 Å². The number of carbonyl (C=O) groups is 1. The molecule has 0 radical (unpaired) electrons. The van der Waals surface area contributed by atoms with E-state index in [1.165, 1.54) is 0 Å². The smallest absolute Gasteiger partial charge is 0.309 e. The molecule has 7 heteroatoms. The molecule has 196 valence electrons. The van der Waals surface area contributed by atoms with E-state index in [9.17, 15) is 30.3 Å². The van der Waals surface area contributed by atoms with Gasteiger partial charge in [-0.2, -0.15) is 0 Å². The van der Waals surface area contributed by atoms with Crippen molar-refractivity contribution in [1.29, 1.82) is 0 Å². The third-order valence-corrected chi connectivity index (χ3v) is 11.0. The lowest BCUT2D eigenvalue weighted by Gasteiger charge is -2.56. The maximum atomic E-state index is 13.0. The first-order valence-electron chi connectivity index (χ1n) is 13.4. The van der Waals surface area contributed by atoms with E-state index in [0.717, 1.165) is 25.7 Å². The number of fused-ring (bicyclic) bond motifs is 5. The standard InChI is InChI=1S/C27H46O7/c1-13(2)22(30)24(32)23(31)14(3)16-6-7-17-15-12-34-25(33)19-10-20(28)21(29)11-27(19,5)18(15)8-9-26(16,17)4/h13-24,28-32H,6-12H2,1-5H3/t14-,15?,16+,17?,18?,19?,20-,21+,22-,23+,24+,26+,27+/m0/s1. The summed E-state index contributed by atoms with van der Waals surface area (Å²) in [5.74, 6) is -0.00728. The quantitative estimate of drug-likeness (QED) is 0.380. The van der Waals surface area contributed by atoms with Crippen LogP contribution in [0.5, 0.6) is 0 Å². The second kappa shape index (κ2) is 9.29. The van der Waals surface area contributed by atoms with E-state index in [1.54, 1.807) is 0 Å². The number of aliphatic hydroxyl groups is 5. The van der Waals surface area contributed by atoms with Gasteiger partial charge in [0.15, 0.2) is 0 Å². The fraction of sp³-hybridized carbons (Fsp3) is 0.963. The molecule has 4 unspecified atom stereocenters. The monoisotopic (exact) mass is 482 g/mol. The van der Waals surface area contributed by atoms with Gasteiger partial charge in [-0.1, -0.05) is 34.6 Å². The second-order valence-corrected chi connectivity index (χ2v) is 12.9. The third-order valence-electron chi connectivity index (χ3n) is 11.0. The molecule has 1 saturated heterocycles. The number of esters is 1. The summed E-state index contributed by atoms with van der Waals surface area (Å²) in [7, 11) is 0. The second-order valence-electron chi connectivity index (χ2n) is 12.9. The van der Waals surface area contributed by atoms with Crippen LogP contribution < -0.4 is 0 Å². The molecule has 0 aromatic heterocycles. The van der Waals surface area contributed by atoms with Gasteiger partial charge in [0.05, 0.1) is 36.9 Å². The Morgan fingerprint density at radius 1 is 0.882 bits per heavy atom. The Morgan fingerprint density at radius 3 is 2.18 bits per heavy atom. The number of hydrogen-bond donors (Lipinski definition) is 5. The molecule has 4 rings (SSSR count). The summed E-state index contributed by atoms with van der Waals surface area (Å²) >= 11 is 0. The Kier molecular flexibility index (Phi) is 7.20. The molecule has 34 heavy (non-hydrogen) atoms. The highest BCUT2D eigenvalue weighted by Gasteiger charge is 2.63. The summed E-state index contributed by atoms with van der Waals surface area (Å²) in [6, 6.07) is 0. The van der Waals surface area contributed by atoms with Crippen LogP contribution in [0.4, 0.5) is 0 Å². The van der Waals surface area contributed by atoms with Crippen molar-refractivity contribution in [3.05, 3.63) is 0 Å². The van der Waals surface area contributed by atoms with Gasteiger partial charge in [-0.25, -0.2) is 0 Å². The summed E-state index contributed by atoms with van der Waals surface area (Å²) in [6.07, 6.45) is -0.400. The number of hydrogen-bond acceptors (Lipinski definition) is 7. The van der Waals surface area contributed by atoms with Crippen LogP contribution >= 0.6 is 0 Å². The minimum atomic E-state index is -1.18. The number of ether oxygens (including phenoxy) is 1. The maximum Gasteiger partial charge on any atom is 0.309 e. The Labute approximate surface area is 203 Å². The predicted octanol–water partition coefficient (Wildman–Crippen LogP) is 2.11. The van der Waals surface area contributed by atoms with E-state index in [4.69, 9.17) is 4.74 Å². The molecule has 7 nitrogen and oxygen atoms in total. The first-order valence-corrected chi connectivity index (χ1v) is 13.4. The zero-order valence-electron chi connectivity index (χ0n) is 21.4. The van der Waals surface area contributed by atoms with Crippen molar-refractivity contribution >= 4 is 5.97 Å². The molecule has 1 heterocycles. The molecule has 13 atom stereocenters. The van der Waals surface area contributed by atoms with E-state index in [1.807, 2.05) is 20.8 Å². The molecule has 4 fully saturated rings. The van der Waals surface area contributed by atoms with Gasteiger partial charge in [-0.3, -0.25) is 4.79 Å². The van der Waals surface area contributed by atoms with E-state index < -0.39 is 41.9 Å². The fourth-order valence-electron chi connectivity index (χ4n) is 8.84. The molecule has 0 aromatic rings. The lowest BCUT2D eigenvalue weighted by molar-refractivity contribution is -0.162. The Bertz CT molecular complexity index is 757. The predicted molar refractivity (Wildman–Crippen MR) is 126 cm³/mol. The highest BCUT2D eigenvalue weighted by molar-refractivity contribution is 5.74.